The second-order valence-electron chi connectivity index (χ2n) is 6.02. The standard InChI is InChI=1S/C19H17ClF3N3O2S/c1-28-10-9-26-15-8-3-2-7-14(15)24-18(26)29-11-16(27)25-17-12(19(21,22)23)5-4-6-13(17)20/h2-8H,9-11H2,1H3,(H,25,27). The number of hydrogen-bond donors (Lipinski definition) is 1. The van der Waals surface area contributed by atoms with Crippen molar-refractivity contribution in [1.82, 2.24) is 9.55 Å². The van der Waals surface area contributed by atoms with Gasteiger partial charge in [0.1, 0.15) is 0 Å². The average molecular weight is 444 g/mol. The lowest BCUT2D eigenvalue weighted by Gasteiger charge is -2.15. The number of halogens is 4. The predicted molar refractivity (Wildman–Crippen MR) is 107 cm³/mol. The Bertz CT molecular complexity index is 1020. The van der Waals surface area contributed by atoms with Crippen LogP contribution in [0.4, 0.5) is 18.9 Å². The van der Waals surface area contributed by atoms with E-state index in [0.29, 0.717) is 18.3 Å². The number of para-hydroxylation sites is 3. The number of nitrogens with zero attached hydrogens (tertiary/aromatic N) is 2. The van der Waals surface area contributed by atoms with Crippen LogP contribution in [0, 0.1) is 0 Å². The number of nitrogens with one attached hydrogen (secondary N) is 1. The summed E-state index contributed by atoms with van der Waals surface area (Å²) in [5.41, 5.74) is 0.214. The third kappa shape index (κ3) is 5.04. The predicted octanol–water partition coefficient (Wildman–Crippen LogP) is 5.09. The molecule has 29 heavy (non-hydrogen) atoms. The van der Waals surface area contributed by atoms with E-state index in [1.165, 1.54) is 12.1 Å². The molecular formula is C19H17ClF3N3O2S. The van der Waals surface area contributed by atoms with E-state index >= 15 is 0 Å². The van der Waals surface area contributed by atoms with Crippen LogP contribution in [0.15, 0.2) is 47.6 Å². The number of hydrogen-bond acceptors (Lipinski definition) is 4. The zero-order valence-electron chi connectivity index (χ0n) is 15.3. The van der Waals surface area contributed by atoms with Crippen LogP contribution in [0.5, 0.6) is 0 Å². The van der Waals surface area contributed by atoms with E-state index in [4.69, 9.17) is 16.3 Å². The number of amides is 1. The van der Waals surface area contributed by atoms with Crippen molar-refractivity contribution >= 4 is 46.0 Å². The Morgan fingerprint density at radius 2 is 2.00 bits per heavy atom. The van der Waals surface area contributed by atoms with E-state index < -0.39 is 23.3 Å². The van der Waals surface area contributed by atoms with Crippen LogP contribution >= 0.6 is 23.4 Å². The summed E-state index contributed by atoms with van der Waals surface area (Å²) in [5, 5.41) is 2.68. The van der Waals surface area contributed by atoms with Gasteiger partial charge in [0.2, 0.25) is 5.91 Å². The molecule has 0 aliphatic heterocycles. The minimum atomic E-state index is -4.63. The van der Waals surface area contributed by atoms with Gasteiger partial charge in [-0.3, -0.25) is 4.79 Å². The third-order valence-corrected chi connectivity index (χ3v) is 5.35. The largest absolute Gasteiger partial charge is 0.418 e. The van der Waals surface area contributed by atoms with Crippen LogP contribution in [0.2, 0.25) is 5.02 Å². The van der Waals surface area contributed by atoms with Gasteiger partial charge in [0.05, 0.1) is 39.7 Å². The van der Waals surface area contributed by atoms with Crippen LogP contribution in [0.1, 0.15) is 5.56 Å². The third-order valence-electron chi connectivity index (χ3n) is 4.05. The Morgan fingerprint density at radius 3 is 2.72 bits per heavy atom. The van der Waals surface area contributed by atoms with Crippen LogP contribution in [0.3, 0.4) is 0 Å². The highest BCUT2D eigenvalue weighted by Gasteiger charge is 2.34. The molecular weight excluding hydrogens is 427 g/mol. The van der Waals surface area contributed by atoms with Crippen molar-refractivity contribution in [3.8, 4) is 0 Å². The van der Waals surface area contributed by atoms with E-state index in [0.717, 1.165) is 28.9 Å². The van der Waals surface area contributed by atoms with E-state index in [1.807, 2.05) is 28.8 Å². The molecule has 0 aliphatic rings. The Balaban J connectivity index is 1.77. The highest BCUT2D eigenvalue weighted by Crippen LogP contribution is 2.38. The van der Waals surface area contributed by atoms with Gasteiger partial charge in [-0.05, 0) is 24.3 Å². The molecule has 0 bridgehead atoms. The molecule has 1 heterocycles. The van der Waals surface area contributed by atoms with Crippen molar-refractivity contribution in [2.45, 2.75) is 17.9 Å². The molecule has 0 saturated heterocycles. The summed E-state index contributed by atoms with van der Waals surface area (Å²) in [6, 6.07) is 10.8. The fourth-order valence-corrected chi connectivity index (χ4v) is 3.82. The first-order valence-electron chi connectivity index (χ1n) is 8.54. The Labute approximate surface area is 174 Å². The Hall–Kier alpha value is -2.23. The van der Waals surface area contributed by atoms with E-state index in [2.05, 4.69) is 10.3 Å². The van der Waals surface area contributed by atoms with E-state index in [-0.39, 0.29) is 10.8 Å². The van der Waals surface area contributed by atoms with Gasteiger partial charge in [0, 0.05) is 13.7 Å². The van der Waals surface area contributed by atoms with Crippen molar-refractivity contribution < 1.29 is 22.7 Å². The average Bonchev–Trinajstić information content (AvgIpc) is 3.03. The van der Waals surface area contributed by atoms with Crippen molar-refractivity contribution in [3.05, 3.63) is 53.1 Å². The maximum absolute atomic E-state index is 13.2. The van der Waals surface area contributed by atoms with Gasteiger partial charge in [0.15, 0.2) is 5.16 Å². The number of ether oxygens (including phenoxy) is 1. The minimum absolute atomic E-state index is 0.126. The first-order valence-corrected chi connectivity index (χ1v) is 9.90. The quantitative estimate of drug-likeness (QED) is 0.517. The van der Waals surface area contributed by atoms with Crippen molar-refractivity contribution in [2.24, 2.45) is 0 Å². The number of thioether (sulfide) groups is 1. The number of fused-ring (bicyclic) bond motifs is 1. The fraction of sp³-hybridized carbons (Fsp3) is 0.263. The molecule has 2 aromatic carbocycles. The number of rotatable bonds is 7. The normalized spacial score (nSPS) is 11.8. The zero-order chi connectivity index (χ0) is 21.0. The van der Waals surface area contributed by atoms with Gasteiger partial charge in [-0.25, -0.2) is 4.98 Å². The number of methoxy groups -OCH3 is 1. The van der Waals surface area contributed by atoms with Crippen LogP contribution < -0.4 is 5.32 Å². The van der Waals surface area contributed by atoms with Gasteiger partial charge >= 0.3 is 6.18 Å². The molecule has 0 spiro atoms. The molecule has 1 aromatic heterocycles. The highest BCUT2D eigenvalue weighted by molar-refractivity contribution is 7.99. The smallest absolute Gasteiger partial charge is 0.383 e. The second kappa shape index (κ2) is 9.06. The lowest BCUT2D eigenvalue weighted by Crippen LogP contribution is -2.19. The van der Waals surface area contributed by atoms with Crippen LogP contribution in [0.25, 0.3) is 11.0 Å². The second-order valence-corrected chi connectivity index (χ2v) is 7.37. The molecule has 3 aromatic rings. The van der Waals surface area contributed by atoms with Crippen molar-refractivity contribution in [3.63, 3.8) is 0 Å². The van der Waals surface area contributed by atoms with Gasteiger partial charge < -0.3 is 14.6 Å². The molecule has 0 fully saturated rings. The molecule has 154 valence electrons. The van der Waals surface area contributed by atoms with Gasteiger partial charge in [-0.15, -0.1) is 0 Å². The van der Waals surface area contributed by atoms with Crippen LogP contribution in [-0.4, -0.2) is 34.9 Å². The van der Waals surface area contributed by atoms with Crippen LogP contribution in [-0.2, 0) is 22.3 Å². The summed E-state index contributed by atoms with van der Waals surface area (Å²) in [5.74, 6) is -0.738. The van der Waals surface area contributed by atoms with Gasteiger partial charge in [0.25, 0.3) is 0 Å². The summed E-state index contributed by atoms with van der Waals surface area (Å²) < 4.78 is 46.6. The number of alkyl halides is 3. The molecule has 0 aliphatic carbocycles. The highest BCUT2D eigenvalue weighted by atomic mass is 35.5. The zero-order valence-corrected chi connectivity index (χ0v) is 16.9. The fourth-order valence-electron chi connectivity index (χ4n) is 2.76. The molecule has 3 rings (SSSR count). The number of carbonyl (C=O) groups is 1. The maximum atomic E-state index is 13.2. The number of carbonyl (C=O) groups excluding carboxylic acids is 1. The van der Waals surface area contributed by atoms with E-state index in [9.17, 15) is 18.0 Å². The lowest BCUT2D eigenvalue weighted by molar-refractivity contribution is -0.137. The van der Waals surface area contributed by atoms with E-state index in [1.54, 1.807) is 7.11 Å². The first kappa shape index (κ1) is 21.5. The molecule has 0 radical (unpaired) electrons. The summed E-state index contributed by atoms with van der Waals surface area (Å²) in [7, 11) is 1.58. The topological polar surface area (TPSA) is 56.1 Å². The molecule has 0 unspecified atom stereocenters. The Kier molecular flexibility index (Phi) is 6.71. The molecule has 1 amide bonds. The SMILES string of the molecule is COCCn1c(SCC(=O)Nc2c(Cl)cccc2C(F)(F)F)nc2ccccc21. The minimum Gasteiger partial charge on any atom is -0.383 e. The molecule has 0 saturated carbocycles. The van der Waals surface area contributed by atoms with Gasteiger partial charge in [-0.1, -0.05) is 41.6 Å². The van der Waals surface area contributed by atoms with Gasteiger partial charge in [-0.2, -0.15) is 13.2 Å². The van der Waals surface area contributed by atoms with Crippen molar-refractivity contribution in [2.75, 3.05) is 24.8 Å². The number of imidazole rings is 1. The molecule has 10 heteroatoms. The number of anilines is 1. The summed E-state index contributed by atoms with van der Waals surface area (Å²) in [4.78, 5) is 16.8. The number of aromatic nitrogens is 2. The molecule has 1 N–H and O–H groups in total. The summed E-state index contributed by atoms with van der Waals surface area (Å²) in [6.45, 7) is 0.985. The van der Waals surface area contributed by atoms with Crippen molar-refractivity contribution in [1.29, 1.82) is 0 Å². The maximum Gasteiger partial charge on any atom is 0.418 e. The Morgan fingerprint density at radius 1 is 1.24 bits per heavy atom. The molecule has 5 nitrogen and oxygen atoms in total. The monoisotopic (exact) mass is 443 g/mol. The first-order chi connectivity index (χ1) is 13.8. The number of benzene rings is 2. The lowest BCUT2D eigenvalue weighted by atomic mass is 10.1. The summed E-state index contributed by atoms with van der Waals surface area (Å²) >= 11 is 7.01. The molecule has 0 atom stereocenters. The summed E-state index contributed by atoms with van der Waals surface area (Å²) in [6.07, 6.45) is -4.63.